The maximum Gasteiger partial charge on any atom is 0.254 e. The molecule has 1 aromatic heterocycles. The predicted octanol–water partition coefficient (Wildman–Crippen LogP) is 2.93. The first kappa shape index (κ1) is 16.1. The molecule has 0 aromatic carbocycles. The Hall–Kier alpha value is -1.72. The van der Waals surface area contributed by atoms with Gasteiger partial charge in [0.2, 0.25) is 0 Å². The Morgan fingerprint density at radius 2 is 2.09 bits per heavy atom. The van der Waals surface area contributed by atoms with Crippen molar-refractivity contribution in [1.29, 1.82) is 0 Å². The van der Waals surface area contributed by atoms with Crippen LogP contribution in [0.3, 0.4) is 0 Å². The minimum atomic E-state index is -2.66. The van der Waals surface area contributed by atoms with Gasteiger partial charge in [-0.15, -0.1) is 0 Å². The van der Waals surface area contributed by atoms with Gasteiger partial charge in [0, 0.05) is 31.1 Å². The fraction of sp³-hybridized carbons (Fsp3) is 0.647. The molecule has 1 unspecified atom stereocenters. The van der Waals surface area contributed by atoms with E-state index in [0.717, 1.165) is 43.4 Å². The van der Waals surface area contributed by atoms with Crippen molar-refractivity contribution in [2.45, 2.75) is 51.4 Å². The van der Waals surface area contributed by atoms with Crippen LogP contribution in [0, 0.1) is 5.92 Å². The molecule has 2 N–H and O–H groups in total. The summed E-state index contributed by atoms with van der Waals surface area (Å²) in [5.74, 6) is -3.47. The molecule has 0 saturated carbocycles. The molecular weight excluding hydrogens is 300 g/mol. The molecule has 0 radical (unpaired) electrons. The zero-order valence-corrected chi connectivity index (χ0v) is 13.4. The number of alkyl halides is 2. The fourth-order valence-corrected chi connectivity index (χ4v) is 3.50. The molecule has 1 saturated heterocycles. The molecule has 4 nitrogen and oxygen atoms in total. The number of hydrogen-bond acceptors (Lipinski definition) is 3. The number of nitrogens with zero attached hydrogens (tertiary/aromatic N) is 2. The molecule has 2 aliphatic rings. The Kier molecular flexibility index (Phi) is 4.25. The number of anilines is 1. The Morgan fingerprint density at radius 1 is 1.35 bits per heavy atom. The van der Waals surface area contributed by atoms with E-state index in [1.165, 1.54) is 0 Å². The predicted molar refractivity (Wildman–Crippen MR) is 85.0 cm³/mol. The van der Waals surface area contributed by atoms with E-state index in [1.54, 1.807) is 11.8 Å². The zero-order chi connectivity index (χ0) is 16.6. The number of hydrogen-bond donors (Lipinski definition) is 1. The summed E-state index contributed by atoms with van der Waals surface area (Å²) in [6.45, 7) is 1.93. The van der Waals surface area contributed by atoms with E-state index in [2.05, 4.69) is 4.98 Å². The van der Waals surface area contributed by atoms with Crippen LogP contribution in [0.4, 0.5) is 14.6 Å². The number of carbonyl (C=O) groups excluding carboxylic acids is 1. The maximum atomic E-state index is 13.7. The van der Waals surface area contributed by atoms with Crippen molar-refractivity contribution < 1.29 is 13.6 Å². The first-order valence-corrected chi connectivity index (χ1v) is 8.34. The lowest BCUT2D eigenvalue weighted by Gasteiger charge is -2.38. The molecule has 1 aliphatic heterocycles. The number of fused-ring (bicyclic) bond motifs is 1. The van der Waals surface area contributed by atoms with E-state index < -0.39 is 17.7 Å². The van der Waals surface area contributed by atoms with Gasteiger partial charge in [0.05, 0.1) is 5.56 Å². The minimum absolute atomic E-state index is 0.194. The molecule has 6 heteroatoms. The number of halogens is 2. The van der Waals surface area contributed by atoms with E-state index in [9.17, 15) is 13.6 Å². The van der Waals surface area contributed by atoms with Gasteiger partial charge in [-0.3, -0.25) is 4.79 Å². The lowest BCUT2D eigenvalue weighted by Crippen LogP contribution is -2.46. The van der Waals surface area contributed by atoms with Crippen molar-refractivity contribution in [1.82, 2.24) is 4.98 Å². The summed E-state index contributed by atoms with van der Waals surface area (Å²) in [5.41, 5.74) is 7.96. The number of carbonyl (C=O) groups is 1. The second-order valence-corrected chi connectivity index (χ2v) is 6.75. The van der Waals surface area contributed by atoms with Crippen LogP contribution < -0.4 is 10.6 Å². The smallest absolute Gasteiger partial charge is 0.254 e. The van der Waals surface area contributed by atoms with Crippen LogP contribution in [-0.2, 0) is 12.8 Å². The summed E-state index contributed by atoms with van der Waals surface area (Å²) in [7, 11) is 0. The Bertz CT molecular complexity index is 618. The average molecular weight is 323 g/mol. The Labute approximate surface area is 135 Å². The number of aromatic nitrogens is 1. The van der Waals surface area contributed by atoms with Gasteiger partial charge >= 0.3 is 0 Å². The number of rotatable bonds is 2. The van der Waals surface area contributed by atoms with E-state index in [0.29, 0.717) is 11.4 Å². The monoisotopic (exact) mass is 323 g/mol. The van der Waals surface area contributed by atoms with Crippen molar-refractivity contribution in [3.63, 3.8) is 0 Å². The van der Waals surface area contributed by atoms with Gasteiger partial charge in [-0.25, -0.2) is 13.8 Å². The zero-order valence-electron chi connectivity index (χ0n) is 13.4. The average Bonchev–Trinajstić information content (AvgIpc) is 2.73. The topological polar surface area (TPSA) is 59.2 Å². The van der Waals surface area contributed by atoms with Crippen molar-refractivity contribution in [2.75, 3.05) is 18.0 Å². The molecule has 2 heterocycles. The van der Waals surface area contributed by atoms with Crippen LogP contribution in [0.5, 0.6) is 0 Å². The van der Waals surface area contributed by atoms with Crippen molar-refractivity contribution in [3.05, 3.63) is 22.9 Å². The largest absolute Gasteiger partial charge is 0.365 e. The van der Waals surface area contributed by atoms with E-state index >= 15 is 0 Å². The lowest BCUT2D eigenvalue weighted by atomic mass is 9.95. The van der Waals surface area contributed by atoms with E-state index in [4.69, 9.17) is 5.73 Å². The number of piperidine rings is 1. The second kappa shape index (κ2) is 6.06. The number of primary amides is 1. The highest BCUT2D eigenvalue weighted by atomic mass is 19.3. The van der Waals surface area contributed by atoms with E-state index in [1.807, 2.05) is 6.07 Å². The summed E-state index contributed by atoms with van der Waals surface area (Å²) >= 11 is 0. The number of pyridine rings is 1. The normalized spacial score (nSPS) is 24.0. The van der Waals surface area contributed by atoms with Gasteiger partial charge in [0.25, 0.3) is 11.8 Å². The lowest BCUT2D eigenvalue weighted by molar-refractivity contribution is -0.0652. The molecule has 3 rings (SSSR count). The van der Waals surface area contributed by atoms with Crippen LogP contribution >= 0.6 is 0 Å². The Balaban J connectivity index is 1.97. The highest BCUT2D eigenvalue weighted by Crippen LogP contribution is 2.36. The first-order valence-electron chi connectivity index (χ1n) is 8.34. The molecule has 0 bridgehead atoms. The molecule has 0 spiro atoms. The quantitative estimate of drug-likeness (QED) is 0.851. The van der Waals surface area contributed by atoms with Crippen LogP contribution in [0.2, 0.25) is 0 Å². The molecule has 1 atom stereocenters. The molecule has 126 valence electrons. The van der Waals surface area contributed by atoms with E-state index in [-0.39, 0.29) is 19.5 Å². The molecular formula is C17H23F2N3O. The minimum Gasteiger partial charge on any atom is -0.365 e. The molecule has 1 aliphatic carbocycles. The number of amides is 1. The van der Waals surface area contributed by atoms with Gasteiger partial charge in [0.15, 0.2) is 0 Å². The number of nitrogens with two attached hydrogens (primary N) is 1. The molecule has 1 amide bonds. The van der Waals surface area contributed by atoms with Gasteiger partial charge in [-0.2, -0.15) is 0 Å². The van der Waals surface area contributed by atoms with Crippen molar-refractivity contribution >= 4 is 11.7 Å². The number of aryl methyl sites for hydroxylation is 2. The fourth-order valence-electron chi connectivity index (χ4n) is 3.50. The first-order chi connectivity index (χ1) is 10.9. The standard InChI is InChI=1S/C17H23F2N3O/c1-11-10-22(8-7-17(11,18)19)16-13(15(20)23)9-12-5-3-2-4-6-14(12)21-16/h9,11H,2-8,10H2,1H3,(H2,20,23). The summed E-state index contributed by atoms with van der Waals surface area (Å²) < 4.78 is 27.5. The Morgan fingerprint density at radius 3 is 2.78 bits per heavy atom. The van der Waals surface area contributed by atoms with Crippen LogP contribution in [0.1, 0.15) is 54.2 Å². The molecule has 1 aromatic rings. The highest BCUT2D eigenvalue weighted by Gasteiger charge is 2.42. The third kappa shape index (κ3) is 3.16. The van der Waals surface area contributed by atoms with Gasteiger partial charge in [-0.1, -0.05) is 13.3 Å². The summed E-state index contributed by atoms with van der Waals surface area (Å²) in [4.78, 5) is 18.3. The van der Waals surface area contributed by atoms with Crippen molar-refractivity contribution in [3.8, 4) is 0 Å². The van der Waals surface area contributed by atoms with Crippen LogP contribution in [-0.4, -0.2) is 29.9 Å². The van der Waals surface area contributed by atoms with Gasteiger partial charge < -0.3 is 10.6 Å². The third-order valence-electron chi connectivity index (χ3n) is 5.03. The van der Waals surface area contributed by atoms with Crippen LogP contribution in [0.25, 0.3) is 0 Å². The maximum absolute atomic E-state index is 13.7. The van der Waals surface area contributed by atoms with Crippen molar-refractivity contribution in [2.24, 2.45) is 11.7 Å². The highest BCUT2D eigenvalue weighted by molar-refractivity contribution is 5.98. The van der Waals surface area contributed by atoms with Gasteiger partial charge in [-0.05, 0) is 37.3 Å². The van der Waals surface area contributed by atoms with Gasteiger partial charge in [0.1, 0.15) is 5.82 Å². The summed E-state index contributed by atoms with van der Waals surface area (Å²) in [5, 5.41) is 0. The molecule has 23 heavy (non-hydrogen) atoms. The molecule has 1 fully saturated rings. The van der Waals surface area contributed by atoms with Crippen LogP contribution in [0.15, 0.2) is 6.07 Å². The SMILES string of the molecule is CC1CN(c2nc3c(cc2C(N)=O)CCCCC3)CCC1(F)F. The summed E-state index contributed by atoms with van der Waals surface area (Å²) in [6.07, 6.45) is 4.86. The third-order valence-corrected chi connectivity index (χ3v) is 5.03. The second-order valence-electron chi connectivity index (χ2n) is 6.75. The summed E-state index contributed by atoms with van der Waals surface area (Å²) in [6, 6.07) is 1.84.